The van der Waals surface area contributed by atoms with Crippen molar-refractivity contribution in [2.24, 2.45) is 5.73 Å². The maximum absolute atomic E-state index is 5.63. The van der Waals surface area contributed by atoms with Crippen molar-refractivity contribution in [3.05, 3.63) is 65.7 Å². The Hall–Kier alpha value is -1.51. The standard InChI is InChI=1S/C14H15NO.ClH/c15-10-12-6-8-13(9-7-12)11-16-14-4-2-1-3-5-14;/h1-9H,10-11,15H2;1H. The molecule has 0 amide bonds. The van der Waals surface area contributed by atoms with E-state index >= 15 is 0 Å². The predicted molar refractivity (Wildman–Crippen MR) is 72.4 cm³/mol. The lowest BCUT2D eigenvalue weighted by atomic mass is 10.1. The van der Waals surface area contributed by atoms with E-state index in [0.29, 0.717) is 13.2 Å². The lowest BCUT2D eigenvalue weighted by Crippen LogP contribution is -1.98. The SMILES string of the molecule is Cl.NCc1ccc(COc2ccccc2)cc1. The fourth-order valence-electron chi connectivity index (χ4n) is 1.45. The number of nitrogens with two attached hydrogens (primary N) is 1. The third kappa shape index (κ3) is 4.10. The summed E-state index contributed by atoms with van der Waals surface area (Å²) in [5.41, 5.74) is 7.83. The van der Waals surface area contributed by atoms with Gasteiger partial charge in [-0.05, 0) is 23.3 Å². The first kappa shape index (κ1) is 13.6. The Bertz CT molecular complexity index is 428. The molecule has 0 saturated heterocycles. The highest BCUT2D eigenvalue weighted by Crippen LogP contribution is 2.12. The second-order valence-electron chi connectivity index (χ2n) is 3.62. The average Bonchev–Trinajstić information content (AvgIpc) is 2.38. The molecule has 2 aromatic carbocycles. The van der Waals surface area contributed by atoms with Crippen molar-refractivity contribution in [3.8, 4) is 5.75 Å². The molecule has 2 N–H and O–H groups in total. The minimum absolute atomic E-state index is 0. The molecule has 2 rings (SSSR count). The molecule has 3 heteroatoms. The summed E-state index contributed by atoms with van der Waals surface area (Å²) in [6, 6.07) is 18.0. The summed E-state index contributed by atoms with van der Waals surface area (Å²) in [6.07, 6.45) is 0. The van der Waals surface area contributed by atoms with Gasteiger partial charge in [-0.2, -0.15) is 0 Å². The number of rotatable bonds is 4. The topological polar surface area (TPSA) is 35.2 Å². The lowest BCUT2D eigenvalue weighted by Gasteiger charge is -2.06. The maximum atomic E-state index is 5.63. The van der Waals surface area contributed by atoms with Gasteiger partial charge in [0.15, 0.2) is 0 Å². The smallest absolute Gasteiger partial charge is 0.119 e. The molecule has 17 heavy (non-hydrogen) atoms. The van der Waals surface area contributed by atoms with Crippen LogP contribution in [0.1, 0.15) is 11.1 Å². The fraction of sp³-hybridized carbons (Fsp3) is 0.143. The van der Waals surface area contributed by atoms with Crippen molar-refractivity contribution in [3.63, 3.8) is 0 Å². The summed E-state index contributed by atoms with van der Waals surface area (Å²) in [4.78, 5) is 0. The van der Waals surface area contributed by atoms with Gasteiger partial charge in [-0.15, -0.1) is 12.4 Å². The molecule has 0 aromatic heterocycles. The van der Waals surface area contributed by atoms with Gasteiger partial charge in [-0.3, -0.25) is 0 Å². The van der Waals surface area contributed by atoms with E-state index in [0.717, 1.165) is 16.9 Å². The van der Waals surface area contributed by atoms with Gasteiger partial charge in [0.25, 0.3) is 0 Å². The van der Waals surface area contributed by atoms with Crippen LogP contribution < -0.4 is 10.5 Å². The quantitative estimate of drug-likeness (QED) is 0.904. The molecule has 0 radical (unpaired) electrons. The molecular formula is C14H16ClNO. The number of halogens is 1. The summed E-state index contributed by atoms with van der Waals surface area (Å²) < 4.78 is 5.63. The van der Waals surface area contributed by atoms with Crippen LogP contribution in [0.25, 0.3) is 0 Å². The number of ether oxygens (including phenoxy) is 1. The van der Waals surface area contributed by atoms with Crippen LogP contribution in [-0.4, -0.2) is 0 Å². The van der Waals surface area contributed by atoms with Gasteiger partial charge in [0.05, 0.1) is 0 Å². The first-order valence-electron chi connectivity index (χ1n) is 5.34. The predicted octanol–water partition coefficient (Wildman–Crippen LogP) is 3.15. The summed E-state index contributed by atoms with van der Waals surface area (Å²) in [5.74, 6) is 0.894. The Labute approximate surface area is 108 Å². The first-order valence-corrected chi connectivity index (χ1v) is 5.34. The van der Waals surface area contributed by atoms with Crippen LogP contribution in [0.2, 0.25) is 0 Å². The van der Waals surface area contributed by atoms with Crippen LogP contribution in [0.3, 0.4) is 0 Å². The highest BCUT2D eigenvalue weighted by atomic mass is 35.5. The monoisotopic (exact) mass is 249 g/mol. The molecule has 2 nitrogen and oxygen atoms in total. The molecule has 0 aliphatic heterocycles. The Morgan fingerprint density at radius 2 is 1.41 bits per heavy atom. The largest absolute Gasteiger partial charge is 0.489 e. The number of para-hydroxylation sites is 1. The van der Waals surface area contributed by atoms with E-state index in [1.54, 1.807) is 0 Å². The summed E-state index contributed by atoms with van der Waals surface area (Å²) in [5, 5.41) is 0. The van der Waals surface area contributed by atoms with E-state index < -0.39 is 0 Å². The number of hydrogen-bond donors (Lipinski definition) is 1. The van der Waals surface area contributed by atoms with E-state index in [9.17, 15) is 0 Å². The molecule has 0 unspecified atom stereocenters. The molecule has 0 heterocycles. The van der Waals surface area contributed by atoms with Crippen molar-refractivity contribution in [1.82, 2.24) is 0 Å². The van der Waals surface area contributed by atoms with Crippen molar-refractivity contribution < 1.29 is 4.74 Å². The number of benzene rings is 2. The molecule has 0 spiro atoms. The summed E-state index contributed by atoms with van der Waals surface area (Å²) in [6.45, 7) is 1.18. The summed E-state index contributed by atoms with van der Waals surface area (Å²) >= 11 is 0. The van der Waals surface area contributed by atoms with Gasteiger partial charge in [0, 0.05) is 6.54 Å². The van der Waals surface area contributed by atoms with Gasteiger partial charge in [-0.25, -0.2) is 0 Å². The molecule has 2 aromatic rings. The van der Waals surface area contributed by atoms with Crippen molar-refractivity contribution in [1.29, 1.82) is 0 Å². The van der Waals surface area contributed by atoms with Crippen LogP contribution in [-0.2, 0) is 13.2 Å². The Morgan fingerprint density at radius 1 is 0.824 bits per heavy atom. The first-order chi connectivity index (χ1) is 7.88. The Morgan fingerprint density at radius 3 is 2.00 bits per heavy atom. The van der Waals surface area contributed by atoms with E-state index in [2.05, 4.69) is 0 Å². The highest BCUT2D eigenvalue weighted by Gasteiger charge is 1.95. The van der Waals surface area contributed by atoms with Crippen LogP contribution in [0, 0.1) is 0 Å². The minimum atomic E-state index is 0. The van der Waals surface area contributed by atoms with Gasteiger partial charge in [0.2, 0.25) is 0 Å². The van der Waals surface area contributed by atoms with Gasteiger partial charge in [0.1, 0.15) is 12.4 Å². The average molecular weight is 250 g/mol. The zero-order chi connectivity index (χ0) is 11.2. The molecule has 0 bridgehead atoms. The van der Waals surface area contributed by atoms with E-state index in [1.165, 1.54) is 0 Å². The van der Waals surface area contributed by atoms with Gasteiger partial charge >= 0.3 is 0 Å². The van der Waals surface area contributed by atoms with Crippen molar-refractivity contribution in [2.45, 2.75) is 13.2 Å². The fourth-order valence-corrected chi connectivity index (χ4v) is 1.45. The molecule has 0 saturated carbocycles. The zero-order valence-corrected chi connectivity index (χ0v) is 10.3. The third-order valence-corrected chi connectivity index (χ3v) is 2.41. The zero-order valence-electron chi connectivity index (χ0n) is 9.50. The Balaban J connectivity index is 0.00000144. The highest BCUT2D eigenvalue weighted by molar-refractivity contribution is 5.85. The molecule has 0 aliphatic rings. The second-order valence-corrected chi connectivity index (χ2v) is 3.62. The van der Waals surface area contributed by atoms with Crippen LogP contribution in [0.5, 0.6) is 5.75 Å². The molecule has 0 aliphatic carbocycles. The molecule has 0 atom stereocenters. The van der Waals surface area contributed by atoms with Crippen LogP contribution >= 0.6 is 12.4 Å². The lowest BCUT2D eigenvalue weighted by molar-refractivity contribution is 0.306. The van der Waals surface area contributed by atoms with E-state index in [-0.39, 0.29) is 12.4 Å². The summed E-state index contributed by atoms with van der Waals surface area (Å²) in [7, 11) is 0. The second kappa shape index (κ2) is 6.94. The molecular weight excluding hydrogens is 234 g/mol. The van der Waals surface area contributed by atoms with E-state index in [4.69, 9.17) is 10.5 Å². The number of hydrogen-bond acceptors (Lipinski definition) is 2. The van der Waals surface area contributed by atoms with Gasteiger partial charge in [-0.1, -0.05) is 42.5 Å². The molecule has 90 valence electrons. The Kier molecular flexibility index (Phi) is 5.53. The van der Waals surface area contributed by atoms with Crippen molar-refractivity contribution in [2.75, 3.05) is 0 Å². The van der Waals surface area contributed by atoms with Crippen LogP contribution in [0.15, 0.2) is 54.6 Å². The minimum Gasteiger partial charge on any atom is -0.489 e. The van der Waals surface area contributed by atoms with Crippen molar-refractivity contribution >= 4 is 12.4 Å². The van der Waals surface area contributed by atoms with E-state index in [1.807, 2.05) is 54.6 Å². The molecule has 0 fully saturated rings. The van der Waals surface area contributed by atoms with Crippen LogP contribution in [0.4, 0.5) is 0 Å². The normalized spacial score (nSPS) is 9.47. The van der Waals surface area contributed by atoms with Gasteiger partial charge < -0.3 is 10.5 Å². The maximum Gasteiger partial charge on any atom is 0.119 e. The third-order valence-electron chi connectivity index (χ3n) is 2.41.